The maximum atomic E-state index is 12.5. The lowest BCUT2D eigenvalue weighted by molar-refractivity contribution is 0.0946. The molecule has 0 fully saturated rings. The normalized spacial score (nSPS) is 12.4. The predicted molar refractivity (Wildman–Crippen MR) is 137 cm³/mol. The fourth-order valence-corrected chi connectivity index (χ4v) is 5.08. The van der Waals surface area contributed by atoms with E-state index < -0.39 is 10.0 Å². The molecular formula is C24H33IN2O3S. The fraction of sp³-hybridized carbons (Fsp3) is 0.458. The Morgan fingerprint density at radius 2 is 1.81 bits per heavy atom. The van der Waals surface area contributed by atoms with Crippen LogP contribution >= 0.6 is 22.6 Å². The minimum atomic E-state index is -3.46. The number of hydrogen-bond donors (Lipinski definition) is 1. The summed E-state index contributed by atoms with van der Waals surface area (Å²) in [5.41, 5.74) is 2.99. The minimum Gasteiger partial charge on any atom is -0.352 e. The summed E-state index contributed by atoms with van der Waals surface area (Å²) < 4.78 is 27.4. The van der Waals surface area contributed by atoms with E-state index in [1.807, 2.05) is 37.3 Å². The number of aryl methyl sites for hydroxylation is 1. The van der Waals surface area contributed by atoms with E-state index in [1.54, 1.807) is 12.1 Å². The Hall–Kier alpha value is -1.61. The Kier molecular flexibility index (Phi) is 9.81. The number of nitrogens with one attached hydrogen (secondary N) is 1. The van der Waals surface area contributed by atoms with Gasteiger partial charge in [0.25, 0.3) is 5.91 Å². The molecule has 1 atom stereocenters. The van der Waals surface area contributed by atoms with Gasteiger partial charge in [0.1, 0.15) is 0 Å². The monoisotopic (exact) mass is 556 g/mol. The summed E-state index contributed by atoms with van der Waals surface area (Å²) in [5, 5.41) is 3.04. The fourth-order valence-electron chi connectivity index (χ4n) is 3.49. The number of hydrogen-bond acceptors (Lipinski definition) is 3. The quantitative estimate of drug-likeness (QED) is 0.371. The van der Waals surface area contributed by atoms with Gasteiger partial charge in [0, 0.05) is 15.7 Å². The Morgan fingerprint density at radius 3 is 2.35 bits per heavy atom. The van der Waals surface area contributed by atoms with Crippen LogP contribution in [0.3, 0.4) is 0 Å². The van der Waals surface area contributed by atoms with Crippen molar-refractivity contribution >= 4 is 44.2 Å². The number of amides is 1. The Labute approximate surface area is 200 Å². The van der Waals surface area contributed by atoms with Crippen LogP contribution in [0.4, 0.5) is 5.69 Å². The molecule has 0 aromatic heterocycles. The Balaban J connectivity index is 2.09. The van der Waals surface area contributed by atoms with Crippen molar-refractivity contribution in [1.29, 1.82) is 0 Å². The summed E-state index contributed by atoms with van der Waals surface area (Å²) >= 11 is 2.21. The molecule has 31 heavy (non-hydrogen) atoms. The van der Waals surface area contributed by atoms with E-state index in [2.05, 4.69) is 41.8 Å². The van der Waals surface area contributed by atoms with Crippen molar-refractivity contribution in [3.05, 3.63) is 62.7 Å². The zero-order valence-electron chi connectivity index (χ0n) is 18.8. The van der Waals surface area contributed by atoms with E-state index >= 15 is 0 Å². The van der Waals surface area contributed by atoms with Crippen LogP contribution in [0.25, 0.3) is 0 Å². The summed E-state index contributed by atoms with van der Waals surface area (Å²) in [6, 6.07) is 12.9. The van der Waals surface area contributed by atoms with Gasteiger partial charge in [-0.25, -0.2) is 8.42 Å². The van der Waals surface area contributed by atoms with Gasteiger partial charge >= 0.3 is 0 Å². The first kappa shape index (κ1) is 25.6. The van der Waals surface area contributed by atoms with E-state index in [0.717, 1.165) is 34.0 Å². The molecular weight excluding hydrogens is 523 g/mol. The van der Waals surface area contributed by atoms with Crippen LogP contribution in [0, 0.1) is 16.4 Å². The van der Waals surface area contributed by atoms with Gasteiger partial charge < -0.3 is 5.32 Å². The first-order valence-corrected chi connectivity index (χ1v) is 13.7. The molecule has 2 aromatic carbocycles. The van der Waals surface area contributed by atoms with Crippen molar-refractivity contribution in [2.75, 3.05) is 17.1 Å². The van der Waals surface area contributed by atoms with Gasteiger partial charge in [-0.2, -0.15) is 0 Å². The predicted octanol–water partition coefficient (Wildman–Crippen LogP) is 5.51. The average Bonchev–Trinajstić information content (AvgIpc) is 2.72. The van der Waals surface area contributed by atoms with E-state index in [0.29, 0.717) is 23.7 Å². The highest BCUT2D eigenvalue weighted by Gasteiger charge is 2.20. The standard InChI is InChI=1S/C24H33IN2O3S/c1-5-7-8-19(6-2)16-26-24(28)21-11-9-20(10-12-21)17-27(31(4,29)30)23-14-13-22(25)15-18(23)3/h9-15,19H,5-8,16-17H2,1-4H3,(H,26,28). The molecule has 2 aromatic rings. The van der Waals surface area contributed by atoms with Crippen LogP contribution in [0.5, 0.6) is 0 Å². The molecule has 0 saturated carbocycles. The highest BCUT2D eigenvalue weighted by Crippen LogP contribution is 2.26. The molecule has 0 aliphatic heterocycles. The van der Waals surface area contributed by atoms with Gasteiger partial charge in [-0.3, -0.25) is 9.10 Å². The number of halogens is 1. The van der Waals surface area contributed by atoms with Crippen molar-refractivity contribution < 1.29 is 13.2 Å². The van der Waals surface area contributed by atoms with E-state index in [1.165, 1.54) is 17.0 Å². The zero-order valence-corrected chi connectivity index (χ0v) is 21.8. The molecule has 5 nitrogen and oxygen atoms in total. The third-order valence-electron chi connectivity index (χ3n) is 5.46. The molecule has 7 heteroatoms. The van der Waals surface area contributed by atoms with Crippen LogP contribution in [-0.4, -0.2) is 27.1 Å². The second-order valence-electron chi connectivity index (χ2n) is 8.02. The first-order valence-electron chi connectivity index (χ1n) is 10.8. The lowest BCUT2D eigenvalue weighted by Crippen LogP contribution is -2.30. The number of nitrogens with zero attached hydrogens (tertiary/aromatic N) is 1. The number of unbranched alkanes of at least 4 members (excludes halogenated alkanes) is 1. The Morgan fingerprint density at radius 1 is 1.13 bits per heavy atom. The van der Waals surface area contributed by atoms with Gasteiger partial charge in [-0.05, 0) is 83.3 Å². The number of anilines is 1. The summed E-state index contributed by atoms with van der Waals surface area (Å²) in [7, 11) is -3.46. The maximum absolute atomic E-state index is 12.5. The van der Waals surface area contributed by atoms with Gasteiger partial charge in [0.15, 0.2) is 0 Å². The molecule has 1 N–H and O–H groups in total. The zero-order chi connectivity index (χ0) is 23.0. The highest BCUT2D eigenvalue weighted by atomic mass is 127. The summed E-state index contributed by atoms with van der Waals surface area (Å²) in [6.45, 7) is 7.15. The smallest absolute Gasteiger partial charge is 0.251 e. The van der Waals surface area contributed by atoms with Crippen molar-refractivity contribution in [2.24, 2.45) is 5.92 Å². The average molecular weight is 557 g/mol. The van der Waals surface area contributed by atoms with Crippen LogP contribution in [0.15, 0.2) is 42.5 Å². The third kappa shape index (κ3) is 7.79. The van der Waals surface area contributed by atoms with E-state index in [-0.39, 0.29) is 12.5 Å². The van der Waals surface area contributed by atoms with E-state index in [9.17, 15) is 13.2 Å². The summed E-state index contributed by atoms with van der Waals surface area (Å²) in [6.07, 6.45) is 5.75. The second kappa shape index (κ2) is 11.9. The molecule has 2 rings (SSSR count). The summed E-state index contributed by atoms with van der Waals surface area (Å²) in [5.74, 6) is 0.415. The van der Waals surface area contributed by atoms with Crippen molar-refractivity contribution in [3.63, 3.8) is 0 Å². The second-order valence-corrected chi connectivity index (χ2v) is 11.2. The van der Waals surface area contributed by atoms with Crippen LogP contribution < -0.4 is 9.62 Å². The molecule has 1 unspecified atom stereocenters. The lowest BCUT2D eigenvalue weighted by Gasteiger charge is -2.24. The number of carbonyl (C=O) groups is 1. The molecule has 170 valence electrons. The molecule has 0 heterocycles. The summed E-state index contributed by atoms with van der Waals surface area (Å²) in [4.78, 5) is 12.5. The van der Waals surface area contributed by atoms with Crippen molar-refractivity contribution in [3.8, 4) is 0 Å². The molecule has 0 saturated heterocycles. The Bertz CT molecular complexity index is 975. The van der Waals surface area contributed by atoms with Crippen molar-refractivity contribution in [2.45, 2.75) is 53.0 Å². The minimum absolute atomic E-state index is 0.0880. The molecule has 0 aliphatic carbocycles. The number of carbonyl (C=O) groups excluding carboxylic acids is 1. The van der Waals surface area contributed by atoms with Gasteiger partial charge in [0.05, 0.1) is 18.5 Å². The molecule has 1 amide bonds. The van der Waals surface area contributed by atoms with Gasteiger partial charge in [0.2, 0.25) is 10.0 Å². The molecule has 0 bridgehead atoms. The third-order valence-corrected chi connectivity index (χ3v) is 7.26. The molecule has 0 radical (unpaired) electrons. The molecule has 0 aliphatic rings. The van der Waals surface area contributed by atoms with E-state index in [4.69, 9.17) is 0 Å². The van der Waals surface area contributed by atoms with Crippen LogP contribution in [0.2, 0.25) is 0 Å². The van der Waals surface area contributed by atoms with Crippen LogP contribution in [0.1, 0.15) is 61.0 Å². The topological polar surface area (TPSA) is 66.5 Å². The molecule has 0 spiro atoms. The maximum Gasteiger partial charge on any atom is 0.251 e. The van der Waals surface area contributed by atoms with Gasteiger partial charge in [-0.15, -0.1) is 0 Å². The number of sulfonamides is 1. The first-order chi connectivity index (χ1) is 14.7. The highest BCUT2D eigenvalue weighted by molar-refractivity contribution is 14.1. The van der Waals surface area contributed by atoms with Crippen molar-refractivity contribution in [1.82, 2.24) is 5.32 Å². The number of benzene rings is 2. The van der Waals surface area contributed by atoms with Gasteiger partial charge in [-0.1, -0.05) is 45.2 Å². The lowest BCUT2D eigenvalue weighted by atomic mass is 9.99. The SMILES string of the molecule is CCCCC(CC)CNC(=O)c1ccc(CN(c2ccc(I)cc2C)S(C)(=O)=O)cc1. The van der Waals surface area contributed by atoms with Crippen LogP contribution in [-0.2, 0) is 16.6 Å². The number of rotatable bonds is 11. The largest absolute Gasteiger partial charge is 0.352 e.